The van der Waals surface area contributed by atoms with Crippen molar-refractivity contribution in [3.63, 3.8) is 0 Å². The summed E-state index contributed by atoms with van der Waals surface area (Å²) < 4.78 is 29.7. The van der Waals surface area contributed by atoms with Gasteiger partial charge in [0.2, 0.25) is 11.9 Å². The SMILES string of the molecule is CC.CC.COS(=O)CN(C)c1nc(C)nc(C)n1.COS(C)=O.Cc1nc(C)nc(N(C)c2ccccc2)n1. The van der Waals surface area contributed by atoms with Gasteiger partial charge in [0.15, 0.2) is 22.2 Å². The van der Waals surface area contributed by atoms with Crippen LogP contribution in [0.1, 0.15) is 51.0 Å². The summed E-state index contributed by atoms with van der Waals surface area (Å²) in [6.45, 7) is 15.3. The fraction of sp³-hybridized carbons (Fsp3) is 0.538. The lowest BCUT2D eigenvalue weighted by Crippen LogP contribution is -2.25. The Morgan fingerprint density at radius 2 is 1.05 bits per heavy atom. The molecule has 3 aromatic rings. The molecule has 0 bridgehead atoms. The molecule has 40 heavy (non-hydrogen) atoms. The molecule has 2 unspecified atom stereocenters. The molecule has 0 radical (unpaired) electrons. The zero-order chi connectivity index (χ0) is 31.3. The summed E-state index contributed by atoms with van der Waals surface area (Å²) in [6, 6.07) is 10.0. The van der Waals surface area contributed by atoms with Crippen LogP contribution in [-0.4, -0.2) is 78.8 Å². The van der Waals surface area contributed by atoms with Crippen molar-refractivity contribution in [1.29, 1.82) is 0 Å². The number of para-hydroxylation sites is 1. The molecule has 2 heterocycles. The van der Waals surface area contributed by atoms with E-state index in [1.54, 1.807) is 25.8 Å². The summed E-state index contributed by atoms with van der Waals surface area (Å²) in [5.41, 5.74) is 1.06. The topological polar surface area (TPSA) is 136 Å². The van der Waals surface area contributed by atoms with E-state index in [0.29, 0.717) is 23.5 Å². The van der Waals surface area contributed by atoms with Gasteiger partial charge in [-0.25, -0.2) is 18.4 Å². The predicted molar refractivity (Wildman–Crippen MR) is 165 cm³/mol. The van der Waals surface area contributed by atoms with Crippen molar-refractivity contribution in [3.8, 4) is 0 Å². The highest BCUT2D eigenvalue weighted by Gasteiger charge is 2.10. The van der Waals surface area contributed by atoms with E-state index in [1.165, 1.54) is 20.5 Å². The second-order valence-corrected chi connectivity index (χ2v) is 9.55. The Morgan fingerprint density at radius 1 is 0.675 bits per heavy atom. The van der Waals surface area contributed by atoms with Gasteiger partial charge in [-0.3, -0.25) is 8.37 Å². The minimum atomic E-state index is -1.35. The molecule has 226 valence electrons. The van der Waals surface area contributed by atoms with Crippen LogP contribution in [-0.2, 0) is 30.5 Å². The van der Waals surface area contributed by atoms with E-state index >= 15 is 0 Å². The number of anilines is 3. The summed E-state index contributed by atoms with van der Waals surface area (Å²) in [5, 5.41) is 0. The van der Waals surface area contributed by atoms with Crippen molar-refractivity contribution in [1.82, 2.24) is 29.9 Å². The molecule has 3 rings (SSSR count). The van der Waals surface area contributed by atoms with E-state index in [1.807, 2.05) is 83.8 Å². The second kappa shape index (κ2) is 22.8. The first kappa shape index (κ1) is 39.2. The Hall–Kier alpha value is -2.94. The first-order valence-electron chi connectivity index (χ1n) is 12.7. The summed E-state index contributed by atoms with van der Waals surface area (Å²) in [5.74, 6) is 4.19. The predicted octanol–water partition coefficient (Wildman–Crippen LogP) is 4.43. The zero-order valence-corrected chi connectivity index (χ0v) is 27.8. The average Bonchev–Trinajstić information content (AvgIpc) is 2.94. The fourth-order valence-electron chi connectivity index (χ4n) is 2.55. The molecule has 0 spiro atoms. The average molecular weight is 599 g/mol. The Kier molecular flexibility index (Phi) is 22.4. The molecule has 0 amide bonds. The number of hydrogen-bond acceptors (Lipinski definition) is 12. The van der Waals surface area contributed by atoms with Crippen LogP contribution in [0.2, 0.25) is 0 Å². The van der Waals surface area contributed by atoms with Gasteiger partial charge in [0.25, 0.3) is 0 Å². The number of benzene rings is 1. The molecule has 0 fully saturated rings. The first-order valence-corrected chi connectivity index (χ1v) is 15.4. The molecule has 2 aromatic heterocycles. The minimum absolute atomic E-state index is 0.236. The van der Waals surface area contributed by atoms with E-state index < -0.39 is 22.2 Å². The van der Waals surface area contributed by atoms with Crippen LogP contribution < -0.4 is 9.80 Å². The van der Waals surface area contributed by atoms with Gasteiger partial charge in [-0.1, -0.05) is 45.9 Å². The van der Waals surface area contributed by atoms with Gasteiger partial charge < -0.3 is 9.80 Å². The van der Waals surface area contributed by atoms with Gasteiger partial charge in [0.05, 0.1) is 14.2 Å². The van der Waals surface area contributed by atoms with E-state index in [9.17, 15) is 8.42 Å². The number of aryl methyl sites for hydroxylation is 4. The highest BCUT2D eigenvalue weighted by Crippen LogP contribution is 2.18. The van der Waals surface area contributed by atoms with E-state index in [0.717, 1.165) is 17.3 Å². The molecule has 0 aliphatic rings. The van der Waals surface area contributed by atoms with Crippen LogP contribution in [0.4, 0.5) is 17.6 Å². The highest BCUT2D eigenvalue weighted by molar-refractivity contribution is 7.80. The Labute approximate surface area is 245 Å². The van der Waals surface area contributed by atoms with E-state index in [4.69, 9.17) is 0 Å². The quantitative estimate of drug-likeness (QED) is 0.380. The standard InChI is InChI=1S/C12H14N4.C8H14N4O2S.C2H6O2S.2C2H6/c1-9-13-10(2)15-12(14-9)16(3)11-7-5-4-6-8-11;1-6-9-7(2)11-8(10-6)12(3)5-15(13)14-4;1-4-5(2)3;2*1-2/h4-8H,1-3H3;5H2,1-4H3;1-2H3;2*1-2H3. The maximum absolute atomic E-state index is 11.1. The van der Waals surface area contributed by atoms with Crippen molar-refractivity contribution in [2.24, 2.45) is 0 Å². The van der Waals surface area contributed by atoms with Crippen LogP contribution in [0.25, 0.3) is 0 Å². The third-order valence-electron chi connectivity index (χ3n) is 4.20. The lowest BCUT2D eigenvalue weighted by Gasteiger charge is -2.17. The van der Waals surface area contributed by atoms with Crippen LogP contribution in [0.15, 0.2) is 30.3 Å². The number of aromatic nitrogens is 6. The van der Waals surface area contributed by atoms with E-state index in [-0.39, 0.29) is 5.88 Å². The van der Waals surface area contributed by atoms with Gasteiger partial charge in [0, 0.05) is 26.0 Å². The molecular weight excluding hydrogens is 552 g/mol. The van der Waals surface area contributed by atoms with Crippen LogP contribution >= 0.6 is 0 Å². The van der Waals surface area contributed by atoms with Crippen molar-refractivity contribution in [3.05, 3.63) is 53.6 Å². The first-order chi connectivity index (χ1) is 19.0. The van der Waals surface area contributed by atoms with Crippen molar-refractivity contribution < 1.29 is 16.8 Å². The Bertz CT molecular complexity index is 1100. The smallest absolute Gasteiger partial charge is 0.233 e. The molecule has 12 nitrogen and oxygen atoms in total. The number of nitrogens with zero attached hydrogens (tertiary/aromatic N) is 8. The van der Waals surface area contributed by atoms with Gasteiger partial charge in [-0.2, -0.15) is 19.9 Å². The summed E-state index contributed by atoms with van der Waals surface area (Å²) in [6.07, 6.45) is 1.47. The summed E-state index contributed by atoms with van der Waals surface area (Å²) in [7, 11) is 6.50. The van der Waals surface area contributed by atoms with Gasteiger partial charge >= 0.3 is 0 Å². The molecule has 0 aliphatic carbocycles. The van der Waals surface area contributed by atoms with Crippen LogP contribution in [0.3, 0.4) is 0 Å². The zero-order valence-electron chi connectivity index (χ0n) is 26.1. The molecule has 0 N–H and O–H groups in total. The third kappa shape index (κ3) is 16.9. The second-order valence-electron chi connectivity index (χ2n) is 7.22. The molecular formula is C26H46N8O4S2. The summed E-state index contributed by atoms with van der Waals surface area (Å²) >= 11 is -2.42. The van der Waals surface area contributed by atoms with E-state index in [2.05, 4.69) is 38.3 Å². The monoisotopic (exact) mass is 598 g/mol. The maximum Gasteiger partial charge on any atom is 0.233 e. The molecule has 0 saturated heterocycles. The lowest BCUT2D eigenvalue weighted by molar-refractivity contribution is 0.445. The molecule has 1 aromatic carbocycles. The number of rotatable bonds is 7. The van der Waals surface area contributed by atoms with Crippen LogP contribution in [0, 0.1) is 27.7 Å². The largest absolute Gasteiger partial charge is 0.330 e. The van der Waals surface area contributed by atoms with Crippen molar-refractivity contribution in [2.45, 2.75) is 55.4 Å². The van der Waals surface area contributed by atoms with Gasteiger partial charge in [-0.15, -0.1) is 0 Å². The number of hydrogen-bond donors (Lipinski definition) is 0. The normalized spacial score (nSPS) is 10.9. The fourth-order valence-corrected chi connectivity index (χ4v) is 3.09. The van der Waals surface area contributed by atoms with Gasteiger partial charge in [0.1, 0.15) is 29.2 Å². The molecule has 0 saturated carbocycles. The third-order valence-corrected chi connectivity index (χ3v) is 5.64. The van der Waals surface area contributed by atoms with Gasteiger partial charge in [-0.05, 0) is 39.8 Å². The maximum atomic E-state index is 11.1. The molecule has 0 aliphatic heterocycles. The lowest BCUT2D eigenvalue weighted by atomic mass is 10.3. The molecule has 14 heteroatoms. The Balaban J connectivity index is 0. The van der Waals surface area contributed by atoms with Crippen LogP contribution in [0.5, 0.6) is 0 Å². The molecule has 2 atom stereocenters. The summed E-state index contributed by atoms with van der Waals surface area (Å²) in [4.78, 5) is 28.7. The highest BCUT2D eigenvalue weighted by atomic mass is 32.2. The van der Waals surface area contributed by atoms with Crippen molar-refractivity contribution >= 4 is 39.7 Å². The van der Waals surface area contributed by atoms with Crippen molar-refractivity contribution in [2.75, 3.05) is 50.2 Å². The Morgan fingerprint density at radius 3 is 1.40 bits per heavy atom. The minimum Gasteiger partial charge on any atom is -0.330 e.